The molecule has 2 nitrogen and oxygen atoms in total. The first-order valence-corrected chi connectivity index (χ1v) is 5.20. The van der Waals surface area contributed by atoms with E-state index in [9.17, 15) is 4.79 Å². The molecule has 0 heterocycles. The van der Waals surface area contributed by atoms with Gasteiger partial charge in [0.05, 0.1) is 0 Å². The minimum atomic E-state index is -0.836. The zero-order chi connectivity index (χ0) is 11.3. The summed E-state index contributed by atoms with van der Waals surface area (Å²) in [6.07, 6.45) is 3.27. The largest absolute Gasteiger partial charge is 0.478 e. The number of benzene rings is 1. The zero-order valence-corrected chi connectivity index (χ0v) is 9.16. The predicted molar refractivity (Wildman–Crippen MR) is 61.7 cm³/mol. The molecular weight excluding hydrogens is 188 g/mol. The Morgan fingerprint density at radius 3 is 2.27 bits per heavy atom. The monoisotopic (exact) mass is 204 g/mol. The molecule has 0 aliphatic rings. The van der Waals surface area contributed by atoms with Gasteiger partial charge in [0.2, 0.25) is 0 Å². The van der Waals surface area contributed by atoms with Gasteiger partial charge in [-0.2, -0.15) is 0 Å². The van der Waals surface area contributed by atoms with Gasteiger partial charge in [0.25, 0.3) is 0 Å². The maximum absolute atomic E-state index is 10.8. The van der Waals surface area contributed by atoms with Crippen LogP contribution in [0.5, 0.6) is 0 Å². The van der Waals surface area contributed by atoms with Crippen LogP contribution in [-0.4, -0.2) is 11.1 Å². The Bertz CT molecular complexity index is 361. The fourth-order valence-electron chi connectivity index (χ4n) is 1.37. The average Bonchev–Trinajstić information content (AvgIpc) is 2.26. The van der Waals surface area contributed by atoms with Crippen LogP contribution in [0.2, 0.25) is 0 Å². The Labute approximate surface area is 90.3 Å². The quantitative estimate of drug-likeness (QED) is 0.765. The van der Waals surface area contributed by atoms with E-state index < -0.39 is 5.97 Å². The molecule has 0 radical (unpaired) electrons. The minimum Gasteiger partial charge on any atom is -0.478 e. The van der Waals surface area contributed by atoms with Crippen LogP contribution in [0, 0.1) is 0 Å². The van der Waals surface area contributed by atoms with Gasteiger partial charge in [0.15, 0.2) is 0 Å². The Hall–Kier alpha value is -1.57. The molecule has 0 bridgehead atoms. The van der Waals surface area contributed by atoms with E-state index in [1.165, 1.54) is 5.56 Å². The van der Waals surface area contributed by atoms with Crippen LogP contribution in [0.4, 0.5) is 0 Å². The molecule has 1 aromatic carbocycles. The highest BCUT2D eigenvalue weighted by molar-refractivity contribution is 5.92. The van der Waals surface area contributed by atoms with Gasteiger partial charge in [-0.05, 0) is 30.0 Å². The lowest BCUT2D eigenvalue weighted by Crippen LogP contribution is -1.98. The van der Waals surface area contributed by atoms with E-state index in [-0.39, 0.29) is 0 Å². The number of rotatable bonds is 4. The van der Waals surface area contributed by atoms with Crippen molar-refractivity contribution in [3.8, 4) is 0 Å². The molecular formula is C13H16O2. The van der Waals surface area contributed by atoms with E-state index in [0.717, 1.165) is 12.0 Å². The SMILES string of the molecule is CC/C(=C\c1ccc(CC)cc1)C(=O)O. The number of aryl methyl sites for hydroxylation is 1. The van der Waals surface area contributed by atoms with Gasteiger partial charge in [-0.15, -0.1) is 0 Å². The van der Waals surface area contributed by atoms with E-state index >= 15 is 0 Å². The lowest BCUT2D eigenvalue weighted by atomic mass is 10.1. The van der Waals surface area contributed by atoms with Gasteiger partial charge >= 0.3 is 5.97 Å². The van der Waals surface area contributed by atoms with Gasteiger partial charge in [-0.25, -0.2) is 4.79 Å². The molecule has 0 atom stereocenters. The van der Waals surface area contributed by atoms with Crippen molar-refractivity contribution in [2.75, 3.05) is 0 Å². The Kier molecular flexibility index (Phi) is 4.10. The van der Waals surface area contributed by atoms with Gasteiger partial charge in [-0.1, -0.05) is 38.1 Å². The molecule has 1 N–H and O–H groups in total. The number of carboxylic acid groups (broad SMARTS) is 1. The van der Waals surface area contributed by atoms with Crippen LogP contribution in [-0.2, 0) is 11.2 Å². The second-order valence-corrected chi connectivity index (χ2v) is 3.42. The lowest BCUT2D eigenvalue weighted by Gasteiger charge is -2.00. The molecule has 0 amide bonds. The van der Waals surface area contributed by atoms with E-state index in [0.29, 0.717) is 12.0 Å². The summed E-state index contributed by atoms with van der Waals surface area (Å²) in [5.41, 5.74) is 2.66. The van der Waals surface area contributed by atoms with Crippen molar-refractivity contribution in [1.29, 1.82) is 0 Å². The Balaban J connectivity index is 2.92. The van der Waals surface area contributed by atoms with E-state index in [4.69, 9.17) is 5.11 Å². The molecule has 0 saturated carbocycles. The fourth-order valence-corrected chi connectivity index (χ4v) is 1.37. The molecule has 0 aliphatic carbocycles. The van der Waals surface area contributed by atoms with Crippen molar-refractivity contribution in [2.24, 2.45) is 0 Å². The fraction of sp³-hybridized carbons (Fsp3) is 0.308. The zero-order valence-electron chi connectivity index (χ0n) is 9.16. The third kappa shape index (κ3) is 3.24. The van der Waals surface area contributed by atoms with Gasteiger partial charge in [0, 0.05) is 5.57 Å². The van der Waals surface area contributed by atoms with Gasteiger partial charge in [0.1, 0.15) is 0 Å². The number of carbonyl (C=O) groups is 1. The van der Waals surface area contributed by atoms with Crippen molar-refractivity contribution in [3.05, 3.63) is 41.0 Å². The smallest absolute Gasteiger partial charge is 0.331 e. The highest BCUT2D eigenvalue weighted by Gasteiger charge is 2.03. The molecule has 0 spiro atoms. The van der Waals surface area contributed by atoms with Crippen LogP contribution >= 0.6 is 0 Å². The molecule has 0 saturated heterocycles. The molecule has 0 unspecified atom stereocenters. The second-order valence-electron chi connectivity index (χ2n) is 3.42. The second kappa shape index (κ2) is 5.35. The van der Waals surface area contributed by atoms with Crippen LogP contribution in [0.1, 0.15) is 31.4 Å². The summed E-state index contributed by atoms with van der Waals surface area (Å²) in [7, 11) is 0. The molecule has 2 heteroatoms. The number of carboxylic acids is 1. The number of hydrogen-bond acceptors (Lipinski definition) is 1. The standard InChI is InChI=1S/C13H16O2/c1-3-10-5-7-11(8-6-10)9-12(4-2)13(14)15/h5-9H,3-4H2,1-2H3,(H,14,15)/b12-9+. The molecule has 0 fully saturated rings. The van der Waals surface area contributed by atoms with Crippen LogP contribution in [0.15, 0.2) is 29.8 Å². The molecule has 0 aromatic heterocycles. The summed E-state index contributed by atoms with van der Waals surface area (Å²) in [6.45, 7) is 3.94. The summed E-state index contributed by atoms with van der Waals surface area (Å²) in [5.74, 6) is -0.836. The summed E-state index contributed by atoms with van der Waals surface area (Å²) >= 11 is 0. The van der Waals surface area contributed by atoms with Crippen molar-refractivity contribution in [3.63, 3.8) is 0 Å². The Morgan fingerprint density at radius 1 is 1.27 bits per heavy atom. The molecule has 0 aliphatic heterocycles. The van der Waals surface area contributed by atoms with Crippen molar-refractivity contribution in [1.82, 2.24) is 0 Å². The van der Waals surface area contributed by atoms with Crippen LogP contribution < -0.4 is 0 Å². The maximum Gasteiger partial charge on any atom is 0.331 e. The first-order valence-electron chi connectivity index (χ1n) is 5.20. The summed E-state index contributed by atoms with van der Waals surface area (Å²) in [6, 6.07) is 7.97. The summed E-state index contributed by atoms with van der Waals surface area (Å²) < 4.78 is 0. The van der Waals surface area contributed by atoms with Gasteiger partial charge < -0.3 is 5.11 Å². The highest BCUT2D eigenvalue weighted by atomic mass is 16.4. The maximum atomic E-state index is 10.8. The lowest BCUT2D eigenvalue weighted by molar-refractivity contribution is -0.132. The molecule has 1 aromatic rings. The van der Waals surface area contributed by atoms with Crippen LogP contribution in [0.3, 0.4) is 0 Å². The average molecular weight is 204 g/mol. The molecule has 15 heavy (non-hydrogen) atoms. The molecule has 80 valence electrons. The van der Waals surface area contributed by atoms with E-state index in [1.54, 1.807) is 6.08 Å². The van der Waals surface area contributed by atoms with Crippen molar-refractivity contribution >= 4 is 12.0 Å². The first kappa shape index (κ1) is 11.5. The van der Waals surface area contributed by atoms with Gasteiger partial charge in [-0.3, -0.25) is 0 Å². The number of hydrogen-bond donors (Lipinski definition) is 1. The topological polar surface area (TPSA) is 37.3 Å². The number of aliphatic carboxylic acids is 1. The summed E-state index contributed by atoms with van der Waals surface area (Å²) in [5, 5.41) is 8.87. The highest BCUT2D eigenvalue weighted by Crippen LogP contribution is 2.11. The minimum absolute atomic E-state index is 0.444. The predicted octanol–water partition coefficient (Wildman–Crippen LogP) is 3.13. The van der Waals surface area contributed by atoms with Crippen molar-refractivity contribution in [2.45, 2.75) is 26.7 Å². The van der Waals surface area contributed by atoms with E-state index in [1.807, 2.05) is 31.2 Å². The molecule has 1 rings (SSSR count). The van der Waals surface area contributed by atoms with E-state index in [2.05, 4.69) is 6.92 Å². The van der Waals surface area contributed by atoms with Crippen molar-refractivity contribution < 1.29 is 9.90 Å². The van der Waals surface area contributed by atoms with Crippen LogP contribution in [0.25, 0.3) is 6.08 Å². The summed E-state index contributed by atoms with van der Waals surface area (Å²) in [4.78, 5) is 10.8. The Morgan fingerprint density at radius 2 is 1.87 bits per heavy atom. The third-order valence-corrected chi connectivity index (χ3v) is 2.38. The first-order chi connectivity index (χ1) is 7.17. The normalized spacial score (nSPS) is 11.5. The third-order valence-electron chi connectivity index (χ3n) is 2.38.